The summed E-state index contributed by atoms with van der Waals surface area (Å²) in [6.45, 7) is 0. The molecule has 0 N–H and O–H groups in total. The van der Waals surface area contributed by atoms with Crippen LogP contribution in [0.4, 0.5) is 4.39 Å². The second-order valence-electron chi connectivity index (χ2n) is 5.03. The first-order valence-electron chi connectivity index (χ1n) is 6.66. The quantitative estimate of drug-likeness (QED) is 0.723. The minimum atomic E-state index is -3.28. The first-order valence-corrected chi connectivity index (χ1v) is 8.93. The van der Waals surface area contributed by atoms with Gasteiger partial charge in [-0.05, 0) is 48.5 Å². The molecule has 3 aromatic rings. The number of nitrogens with zero attached hydrogens (tertiary/aromatic N) is 2. The largest absolute Gasteiger partial charge is 0.297 e. The van der Waals surface area contributed by atoms with E-state index in [9.17, 15) is 12.8 Å². The average molecular weight is 351 g/mol. The Morgan fingerprint density at radius 1 is 1.04 bits per heavy atom. The molecule has 0 aliphatic heterocycles. The lowest BCUT2D eigenvalue weighted by atomic mass is 10.2. The molecule has 0 spiro atoms. The topological polar surface area (TPSA) is 52.0 Å². The normalized spacial score (nSPS) is 11.6. The van der Waals surface area contributed by atoms with Crippen molar-refractivity contribution in [2.24, 2.45) is 0 Å². The zero-order valence-corrected chi connectivity index (χ0v) is 13.6. The predicted molar refractivity (Wildman–Crippen MR) is 87.1 cm³/mol. The van der Waals surface area contributed by atoms with E-state index in [1.807, 2.05) is 0 Å². The van der Waals surface area contributed by atoms with Crippen molar-refractivity contribution in [2.75, 3.05) is 6.26 Å². The Hall–Kier alpha value is -2.18. The molecule has 0 aliphatic carbocycles. The number of imidazole rings is 1. The maximum absolute atomic E-state index is 13.7. The van der Waals surface area contributed by atoms with Crippen LogP contribution in [0.3, 0.4) is 0 Å². The maximum Gasteiger partial charge on any atom is 0.231 e. The summed E-state index contributed by atoms with van der Waals surface area (Å²) < 4.78 is 38.2. The van der Waals surface area contributed by atoms with E-state index >= 15 is 0 Å². The summed E-state index contributed by atoms with van der Waals surface area (Å²) in [4.78, 5) is 4.10. The van der Waals surface area contributed by atoms with Crippen LogP contribution in [-0.4, -0.2) is 24.2 Å². The Balaban J connectivity index is 2.09. The molecule has 0 unspecified atom stereocenters. The van der Waals surface area contributed by atoms with E-state index in [4.69, 9.17) is 11.6 Å². The zero-order valence-electron chi connectivity index (χ0n) is 12.1. The van der Waals surface area contributed by atoms with Crippen molar-refractivity contribution < 1.29 is 12.8 Å². The first-order chi connectivity index (χ1) is 10.8. The van der Waals surface area contributed by atoms with Crippen LogP contribution in [0.2, 0.25) is 5.02 Å². The van der Waals surface area contributed by atoms with Gasteiger partial charge in [0.25, 0.3) is 0 Å². The van der Waals surface area contributed by atoms with Crippen molar-refractivity contribution in [3.8, 4) is 17.1 Å². The Kier molecular flexibility index (Phi) is 3.95. The second-order valence-corrected chi connectivity index (χ2v) is 7.48. The SMILES string of the molecule is CS(=O)(=O)c1ccc(-n2cc(F)nc2-c2ccc(Cl)cc2)cc1. The summed E-state index contributed by atoms with van der Waals surface area (Å²) in [6.07, 6.45) is 2.39. The minimum Gasteiger partial charge on any atom is -0.297 e. The summed E-state index contributed by atoms with van der Waals surface area (Å²) in [5.41, 5.74) is 1.31. The number of sulfone groups is 1. The third kappa shape index (κ3) is 3.28. The van der Waals surface area contributed by atoms with Gasteiger partial charge < -0.3 is 0 Å². The van der Waals surface area contributed by atoms with Gasteiger partial charge in [0.2, 0.25) is 5.95 Å². The monoisotopic (exact) mass is 350 g/mol. The average Bonchev–Trinajstić information content (AvgIpc) is 2.89. The number of aromatic nitrogens is 2. The van der Waals surface area contributed by atoms with Gasteiger partial charge in [-0.3, -0.25) is 4.57 Å². The maximum atomic E-state index is 13.7. The van der Waals surface area contributed by atoms with Crippen molar-refractivity contribution in [2.45, 2.75) is 4.90 Å². The lowest BCUT2D eigenvalue weighted by Crippen LogP contribution is -1.99. The number of hydrogen-bond donors (Lipinski definition) is 0. The van der Waals surface area contributed by atoms with Crippen LogP contribution < -0.4 is 0 Å². The molecule has 4 nitrogen and oxygen atoms in total. The molecule has 118 valence electrons. The fourth-order valence-electron chi connectivity index (χ4n) is 2.20. The van der Waals surface area contributed by atoms with Gasteiger partial charge in [-0.25, -0.2) is 8.42 Å². The van der Waals surface area contributed by atoms with E-state index in [1.54, 1.807) is 41.0 Å². The van der Waals surface area contributed by atoms with Crippen molar-refractivity contribution in [1.29, 1.82) is 0 Å². The fourth-order valence-corrected chi connectivity index (χ4v) is 2.96. The van der Waals surface area contributed by atoms with E-state index in [1.165, 1.54) is 18.3 Å². The van der Waals surface area contributed by atoms with E-state index in [-0.39, 0.29) is 4.90 Å². The lowest BCUT2D eigenvalue weighted by molar-refractivity contribution is 0.590. The van der Waals surface area contributed by atoms with Gasteiger partial charge in [0.15, 0.2) is 9.84 Å². The highest BCUT2D eigenvalue weighted by Crippen LogP contribution is 2.25. The highest BCUT2D eigenvalue weighted by atomic mass is 35.5. The first kappa shape index (κ1) is 15.7. The Morgan fingerprint density at radius 2 is 1.65 bits per heavy atom. The molecular weight excluding hydrogens is 339 g/mol. The molecule has 0 bridgehead atoms. The molecule has 2 aromatic carbocycles. The van der Waals surface area contributed by atoms with Gasteiger partial charge in [-0.1, -0.05) is 11.6 Å². The molecule has 7 heteroatoms. The van der Waals surface area contributed by atoms with Crippen molar-refractivity contribution >= 4 is 21.4 Å². The highest BCUT2D eigenvalue weighted by Gasteiger charge is 2.13. The Labute approximate surface area is 138 Å². The zero-order chi connectivity index (χ0) is 16.6. The van der Waals surface area contributed by atoms with E-state index in [2.05, 4.69) is 4.98 Å². The third-order valence-corrected chi connectivity index (χ3v) is 4.70. The van der Waals surface area contributed by atoms with Gasteiger partial charge in [-0.2, -0.15) is 9.37 Å². The highest BCUT2D eigenvalue weighted by molar-refractivity contribution is 7.90. The summed E-state index contributed by atoms with van der Waals surface area (Å²) >= 11 is 5.86. The van der Waals surface area contributed by atoms with Crippen LogP contribution in [0.25, 0.3) is 17.1 Å². The number of hydrogen-bond acceptors (Lipinski definition) is 3. The lowest BCUT2D eigenvalue weighted by Gasteiger charge is -2.08. The van der Waals surface area contributed by atoms with Crippen LogP contribution in [0.1, 0.15) is 0 Å². The molecule has 0 aliphatic rings. The van der Waals surface area contributed by atoms with Gasteiger partial charge in [0, 0.05) is 22.5 Å². The third-order valence-electron chi connectivity index (χ3n) is 3.32. The van der Waals surface area contributed by atoms with Crippen LogP contribution in [0.15, 0.2) is 59.6 Å². The van der Waals surface area contributed by atoms with E-state index in [0.717, 1.165) is 6.26 Å². The molecule has 0 atom stereocenters. The van der Waals surface area contributed by atoms with Crippen molar-refractivity contribution in [3.63, 3.8) is 0 Å². The minimum absolute atomic E-state index is 0.204. The summed E-state index contributed by atoms with van der Waals surface area (Å²) in [6, 6.07) is 13.0. The van der Waals surface area contributed by atoms with E-state index < -0.39 is 15.8 Å². The Morgan fingerprint density at radius 3 is 2.22 bits per heavy atom. The molecule has 0 amide bonds. The summed E-state index contributed by atoms with van der Waals surface area (Å²) in [5, 5.41) is 0.574. The predicted octanol–water partition coefficient (Wildman–Crippen LogP) is 3.74. The van der Waals surface area contributed by atoms with Gasteiger partial charge in [0.1, 0.15) is 5.82 Å². The molecular formula is C16H12ClFN2O2S. The van der Waals surface area contributed by atoms with Gasteiger partial charge >= 0.3 is 0 Å². The van der Waals surface area contributed by atoms with Crippen LogP contribution in [0, 0.1) is 5.95 Å². The molecule has 1 heterocycles. The van der Waals surface area contributed by atoms with E-state index in [0.29, 0.717) is 22.1 Å². The molecule has 0 saturated carbocycles. The molecule has 0 saturated heterocycles. The molecule has 23 heavy (non-hydrogen) atoms. The number of benzene rings is 2. The van der Waals surface area contributed by atoms with Crippen molar-refractivity contribution in [3.05, 3.63) is 65.7 Å². The fraction of sp³-hybridized carbons (Fsp3) is 0.0625. The number of rotatable bonds is 3. The molecule has 3 rings (SSSR count). The van der Waals surface area contributed by atoms with Crippen LogP contribution >= 0.6 is 11.6 Å². The smallest absolute Gasteiger partial charge is 0.231 e. The van der Waals surface area contributed by atoms with Gasteiger partial charge in [-0.15, -0.1) is 0 Å². The van der Waals surface area contributed by atoms with Gasteiger partial charge in [0.05, 0.1) is 11.1 Å². The molecule has 0 radical (unpaired) electrons. The molecule has 1 aromatic heterocycles. The summed E-state index contributed by atoms with van der Waals surface area (Å²) in [5.74, 6) is -0.214. The number of halogens is 2. The standard InChI is InChI=1S/C16H12ClFN2O2S/c1-23(21,22)14-8-6-13(7-9-14)20-10-15(18)19-16(20)11-2-4-12(17)5-3-11/h2-10H,1H3. The molecule has 0 fully saturated rings. The van der Waals surface area contributed by atoms with Crippen LogP contribution in [-0.2, 0) is 9.84 Å². The summed E-state index contributed by atoms with van der Waals surface area (Å²) in [7, 11) is -3.28. The van der Waals surface area contributed by atoms with Crippen molar-refractivity contribution in [1.82, 2.24) is 9.55 Å². The second kappa shape index (κ2) is 5.79. The Bertz CT molecular complexity index is 949. The van der Waals surface area contributed by atoms with Crippen LogP contribution in [0.5, 0.6) is 0 Å².